The molecule has 0 aromatic rings. The number of aliphatic hydroxyl groups excluding tert-OH is 9. The number of aliphatic imine (C=N–C) groups is 1. The molecule has 18 atom stereocenters. The Morgan fingerprint density at radius 2 is 1.42 bits per heavy atom. The van der Waals surface area contributed by atoms with Gasteiger partial charge in [0.1, 0.15) is 18.3 Å². The third-order valence-electron chi connectivity index (χ3n) is 15.9. The van der Waals surface area contributed by atoms with Crippen LogP contribution in [0.25, 0.3) is 0 Å². The number of unbranched alkanes of at least 4 members (excludes halogenated alkanes) is 3. The average molecular weight is 1120 g/mol. The van der Waals surface area contributed by atoms with E-state index in [1.807, 2.05) is 13.0 Å². The van der Waals surface area contributed by atoms with E-state index >= 15 is 0 Å². The van der Waals surface area contributed by atoms with Crippen LogP contribution in [-0.2, 0) is 23.8 Å². The molecule has 13 N–H and O–H groups in total. The highest BCUT2D eigenvalue weighted by Crippen LogP contribution is 2.36. The number of ether oxygens (including phenoxy) is 3. The Kier molecular flexibility index (Phi) is 34.0. The van der Waals surface area contributed by atoms with Crippen molar-refractivity contribution < 1.29 is 74.9 Å². The minimum absolute atomic E-state index is 0.0388. The molecule has 18 heteroatoms. The Balaban J connectivity index is 2.44. The normalized spacial score (nSPS) is 37.1. The van der Waals surface area contributed by atoms with Gasteiger partial charge < -0.3 is 76.3 Å². The molecule has 18 nitrogen and oxygen atoms in total. The third-order valence-corrected chi connectivity index (χ3v) is 15.9. The second kappa shape index (κ2) is 37.5. The number of nitrogens with one attached hydrogen (secondary N) is 1. The summed E-state index contributed by atoms with van der Waals surface area (Å²) in [5.41, 5.74) is 6.59. The van der Waals surface area contributed by atoms with Crippen molar-refractivity contribution in [2.24, 2.45) is 46.2 Å². The number of fused-ring (bicyclic) bond motifs is 2. The molecule has 1 fully saturated rings. The number of aliphatic hydroxyl groups is 10. The molecule has 0 spiro atoms. The minimum Gasteiger partial charge on any atom is -0.462 e. The molecule has 0 aliphatic carbocycles. The van der Waals surface area contributed by atoms with Crippen LogP contribution in [0.4, 0.5) is 0 Å². The van der Waals surface area contributed by atoms with Crippen molar-refractivity contribution in [3.05, 3.63) is 59.8 Å². The molecular formula is C61H107N3O15. The largest absolute Gasteiger partial charge is 0.462 e. The van der Waals surface area contributed by atoms with E-state index < -0.39 is 115 Å². The highest BCUT2D eigenvalue weighted by atomic mass is 16.7. The summed E-state index contributed by atoms with van der Waals surface area (Å²) < 4.78 is 18.2. The van der Waals surface area contributed by atoms with E-state index in [-0.39, 0.29) is 69.6 Å². The molecular weight excluding hydrogens is 1010 g/mol. The fourth-order valence-corrected chi connectivity index (χ4v) is 10.2. The highest BCUT2D eigenvalue weighted by molar-refractivity contribution is 5.88. The summed E-state index contributed by atoms with van der Waals surface area (Å²) >= 11 is 0. The Bertz CT molecular complexity index is 1930. The van der Waals surface area contributed by atoms with Crippen molar-refractivity contribution >= 4 is 17.9 Å². The maximum Gasteiger partial charge on any atom is 0.334 e. The summed E-state index contributed by atoms with van der Waals surface area (Å²) in [7, 11) is 1.63. The fraction of sp³-hybridized carbons (Fsp3) is 0.787. The predicted molar refractivity (Wildman–Crippen MR) is 308 cm³/mol. The molecule has 0 amide bonds. The van der Waals surface area contributed by atoms with Crippen molar-refractivity contribution in [2.75, 3.05) is 13.6 Å². The lowest BCUT2D eigenvalue weighted by Crippen LogP contribution is -2.60. The van der Waals surface area contributed by atoms with Crippen LogP contribution in [0.1, 0.15) is 178 Å². The fourth-order valence-electron chi connectivity index (χ4n) is 10.2. The van der Waals surface area contributed by atoms with Gasteiger partial charge in [0.25, 0.3) is 0 Å². The summed E-state index contributed by atoms with van der Waals surface area (Å²) in [6.07, 6.45) is 6.83. The number of esters is 2. The monoisotopic (exact) mass is 1120 g/mol. The van der Waals surface area contributed by atoms with Crippen molar-refractivity contribution in [3.63, 3.8) is 0 Å². The Labute approximate surface area is 473 Å². The number of guanidine groups is 1. The summed E-state index contributed by atoms with van der Waals surface area (Å²) in [4.78, 5) is 30.8. The first-order valence-electron chi connectivity index (χ1n) is 29.4. The number of carbonyl (C=O) groups excluding carboxylic acids is 2. The van der Waals surface area contributed by atoms with E-state index in [4.69, 9.17) is 19.9 Å². The standard InChI is InChI=1S/C61H107N3O15/c1-38(2)21-16-17-27-56(73)77-48-32-46(65)31-47(66)33-51(68)39(3)23-19-25-43(7)57(42(6)22-15-13-11-12-14-18-30-64-60(62)63-10)78-59(75)44(8)26-20-24-40(4)52(69)36-53(70)45(9)50(67)29-28-41(5)55(72)37-61(76)58(74)54(71)35-49(34-48)79-61/h11-12,19-20,23-26,38,40-43,45-55,57-58,65-72,74,76H,13-18,21-22,27-37H2,1-10H3,(H3,62,63,64)/b12-11+,24-20-,25-19-,39-23-,44-26-/t40-,41-,42-,43+,45-,46+,47+,48-,49-,50+,51-,52-,53-,54+,55-,57-,58-,61+/m0/s1. The van der Waals surface area contributed by atoms with Crippen LogP contribution in [0.2, 0.25) is 0 Å². The van der Waals surface area contributed by atoms with E-state index in [0.29, 0.717) is 29.4 Å². The van der Waals surface area contributed by atoms with Gasteiger partial charge in [-0.1, -0.05) is 110 Å². The van der Waals surface area contributed by atoms with Gasteiger partial charge in [-0.15, -0.1) is 0 Å². The lowest BCUT2D eigenvalue weighted by atomic mass is 9.84. The van der Waals surface area contributed by atoms with Crippen molar-refractivity contribution in [2.45, 2.75) is 257 Å². The van der Waals surface area contributed by atoms with Crippen LogP contribution in [0.5, 0.6) is 0 Å². The zero-order valence-corrected chi connectivity index (χ0v) is 49.5. The minimum atomic E-state index is -2.43. The SMILES string of the molecule is CN=C(N)NCCC/C=C/CCC[C@H](C)[C@@H]1OC(=O)/C(C)=C\C=C/[C@H](C)[C@@H](O)C[C@H](O)[C@@H](C)[C@H](O)CC[C@H](C)[C@@H](O)C[C@@]2(O)O[C@@H](C[C@@H](OC(=O)CCCCC(C)C)C[C@H](O)C[C@@H](O)C[C@H](O)/C(C)=C\C=C/[C@H]1C)C[C@@H](O)[C@@H]2O. The number of allylic oxidation sites excluding steroid dienone is 6. The van der Waals surface area contributed by atoms with Gasteiger partial charge in [-0.25, -0.2) is 4.79 Å². The number of nitrogens with zero attached hydrogens (tertiary/aromatic N) is 1. The molecule has 2 rings (SSSR count). The van der Waals surface area contributed by atoms with Crippen LogP contribution in [0, 0.1) is 35.5 Å². The average Bonchev–Trinajstić information content (AvgIpc) is 3.38. The predicted octanol–water partition coefficient (Wildman–Crippen LogP) is 6.11. The van der Waals surface area contributed by atoms with E-state index in [9.17, 15) is 60.7 Å². The zero-order valence-electron chi connectivity index (χ0n) is 49.5. The number of nitrogens with two attached hydrogens (primary N) is 1. The van der Waals surface area contributed by atoms with E-state index in [1.165, 1.54) is 0 Å². The van der Waals surface area contributed by atoms with Gasteiger partial charge >= 0.3 is 11.9 Å². The first kappa shape index (κ1) is 71.6. The number of cyclic esters (lactones) is 1. The first-order chi connectivity index (χ1) is 37.2. The topological polar surface area (TPSA) is 315 Å². The van der Waals surface area contributed by atoms with E-state index in [0.717, 1.165) is 51.5 Å². The van der Waals surface area contributed by atoms with Crippen LogP contribution < -0.4 is 11.1 Å². The summed E-state index contributed by atoms with van der Waals surface area (Å²) in [6.45, 7) is 17.4. The lowest BCUT2D eigenvalue weighted by Gasteiger charge is -2.45. The number of hydrogen-bond donors (Lipinski definition) is 12. The van der Waals surface area contributed by atoms with Crippen LogP contribution >= 0.6 is 0 Å². The van der Waals surface area contributed by atoms with Crippen molar-refractivity contribution in [3.8, 4) is 0 Å². The summed E-state index contributed by atoms with van der Waals surface area (Å²) in [5.74, 6) is -4.55. The number of hydrogen-bond acceptors (Lipinski definition) is 16. The quantitative estimate of drug-likeness (QED) is 0.0289. The van der Waals surface area contributed by atoms with Crippen LogP contribution in [-0.4, -0.2) is 162 Å². The highest BCUT2D eigenvalue weighted by Gasteiger charge is 2.50. The number of rotatable bonds is 15. The van der Waals surface area contributed by atoms with Gasteiger partial charge in [0.15, 0.2) is 11.7 Å². The van der Waals surface area contributed by atoms with Gasteiger partial charge in [0.05, 0.1) is 54.9 Å². The molecule has 0 saturated carbocycles. The maximum absolute atomic E-state index is 13.7. The molecule has 0 radical (unpaired) electrons. The van der Waals surface area contributed by atoms with Gasteiger partial charge in [0, 0.05) is 81.9 Å². The molecule has 1 saturated heterocycles. The van der Waals surface area contributed by atoms with E-state index in [1.54, 1.807) is 72.0 Å². The van der Waals surface area contributed by atoms with Crippen LogP contribution in [0.15, 0.2) is 64.7 Å². The first-order valence-corrected chi connectivity index (χ1v) is 29.4. The molecule has 0 aromatic carbocycles. The molecule has 79 heavy (non-hydrogen) atoms. The summed E-state index contributed by atoms with van der Waals surface area (Å²) in [5, 5.41) is 115. The Morgan fingerprint density at radius 1 is 0.772 bits per heavy atom. The second-order valence-electron chi connectivity index (χ2n) is 23.6. The van der Waals surface area contributed by atoms with Gasteiger partial charge in [-0.2, -0.15) is 0 Å². The second-order valence-corrected chi connectivity index (χ2v) is 23.6. The van der Waals surface area contributed by atoms with E-state index in [2.05, 4.69) is 43.2 Å². The third kappa shape index (κ3) is 27.9. The molecule has 0 aromatic heterocycles. The van der Waals surface area contributed by atoms with Gasteiger partial charge in [-0.3, -0.25) is 9.79 Å². The van der Waals surface area contributed by atoms with Crippen molar-refractivity contribution in [1.82, 2.24) is 5.32 Å². The molecule has 2 bridgehead atoms. The Hall–Kier alpha value is -3.53. The van der Waals surface area contributed by atoms with Gasteiger partial charge in [0.2, 0.25) is 0 Å². The maximum atomic E-state index is 13.7. The van der Waals surface area contributed by atoms with Crippen LogP contribution in [0.3, 0.4) is 0 Å². The van der Waals surface area contributed by atoms with Crippen molar-refractivity contribution in [1.29, 1.82) is 0 Å². The molecule has 456 valence electrons. The molecule has 2 aliphatic rings. The lowest BCUT2D eigenvalue weighted by molar-refractivity contribution is -0.333. The number of carbonyl (C=O) groups is 2. The smallest absolute Gasteiger partial charge is 0.334 e. The van der Waals surface area contributed by atoms with Gasteiger partial charge in [-0.05, 0) is 95.0 Å². The summed E-state index contributed by atoms with van der Waals surface area (Å²) in [6, 6.07) is 0. The molecule has 2 aliphatic heterocycles. The Morgan fingerprint density at radius 3 is 2.09 bits per heavy atom. The molecule has 0 unspecified atom stereocenters. The zero-order chi connectivity index (χ0) is 59.4. The molecule has 2 heterocycles.